The van der Waals surface area contributed by atoms with Crippen molar-refractivity contribution in [2.45, 2.75) is 50.9 Å². The zero-order valence-corrected chi connectivity index (χ0v) is 20.2. The minimum atomic E-state index is -0.860. The van der Waals surface area contributed by atoms with E-state index in [1.54, 1.807) is 38.1 Å². The van der Waals surface area contributed by atoms with Crippen LogP contribution in [0.5, 0.6) is 0 Å². The maximum Gasteiger partial charge on any atom is 0.411 e. The summed E-state index contributed by atoms with van der Waals surface area (Å²) in [5.74, 6) is 0. The van der Waals surface area contributed by atoms with Crippen LogP contribution in [-0.2, 0) is 17.4 Å². The molecule has 0 bridgehead atoms. The zero-order valence-electron chi connectivity index (χ0n) is 20.2. The monoisotopic (exact) mass is 460 g/mol. The fourth-order valence-electron chi connectivity index (χ4n) is 4.43. The summed E-state index contributed by atoms with van der Waals surface area (Å²) < 4.78 is 7.58. The normalized spacial score (nSPS) is 19.2. The van der Waals surface area contributed by atoms with Gasteiger partial charge >= 0.3 is 6.09 Å². The number of hydrogen-bond donors (Lipinski definition) is 1. The lowest BCUT2D eigenvalue weighted by molar-refractivity contribution is 0.00728. The molecule has 1 aliphatic rings. The largest absolute Gasteiger partial charge is 0.436 e. The van der Waals surface area contributed by atoms with Crippen LogP contribution in [0.2, 0.25) is 0 Å². The molecule has 1 N–H and O–H groups in total. The lowest BCUT2D eigenvalue weighted by Crippen LogP contribution is -2.35. The number of hydrogen-bond acceptors (Lipinski definition) is 4. The Morgan fingerprint density at radius 3 is 2.32 bits per heavy atom. The van der Waals surface area contributed by atoms with Gasteiger partial charge < -0.3 is 14.4 Å². The maximum absolute atomic E-state index is 13.1. The smallest absolute Gasteiger partial charge is 0.411 e. The molecule has 2 atom stereocenters. The number of benzene rings is 2. The molecule has 0 radical (unpaired) electrons. The molecule has 0 aliphatic carbocycles. The number of aryl methyl sites for hydroxylation is 1. The molecule has 4 rings (SSSR count). The second-order valence-corrected chi connectivity index (χ2v) is 9.83. The minimum absolute atomic E-state index is 0.0573. The first-order valence-corrected chi connectivity index (χ1v) is 11.6. The molecule has 0 unspecified atom stereocenters. The molecule has 0 saturated carbocycles. The van der Waals surface area contributed by atoms with Crippen molar-refractivity contribution in [2.75, 3.05) is 6.54 Å². The van der Waals surface area contributed by atoms with E-state index in [0.717, 1.165) is 22.3 Å². The first-order chi connectivity index (χ1) is 16.1. The first-order valence-electron chi connectivity index (χ1n) is 11.6. The quantitative estimate of drug-likeness (QED) is 0.538. The number of carbonyl (C=O) groups is 1. The molecule has 2 aromatic carbocycles. The molecule has 1 fully saturated rings. The molecule has 6 heteroatoms. The van der Waals surface area contributed by atoms with E-state index in [1.165, 1.54) is 4.57 Å². The topological polar surface area (TPSA) is 71.8 Å². The van der Waals surface area contributed by atoms with E-state index in [9.17, 15) is 14.7 Å². The van der Waals surface area contributed by atoms with Crippen LogP contribution in [0.4, 0.5) is 4.79 Å². The van der Waals surface area contributed by atoms with Crippen molar-refractivity contribution >= 4 is 6.09 Å². The highest BCUT2D eigenvalue weighted by atomic mass is 16.6. The van der Waals surface area contributed by atoms with Gasteiger partial charge in [0.05, 0.1) is 18.2 Å². The van der Waals surface area contributed by atoms with Crippen LogP contribution in [0.25, 0.3) is 11.1 Å². The molecular weight excluding hydrogens is 428 g/mol. The van der Waals surface area contributed by atoms with E-state index in [1.807, 2.05) is 67.6 Å². The van der Waals surface area contributed by atoms with Crippen molar-refractivity contribution in [3.8, 4) is 11.1 Å². The van der Waals surface area contributed by atoms with Crippen LogP contribution < -0.4 is 5.56 Å². The average Bonchev–Trinajstić information content (AvgIpc) is 3.17. The van der Waals surface area contributed by atoms with Crippen LogP contribution in [0, 0.1) is 0 Å². The van der Waals surface area contributed by atoms with E-state index in [4.69, 9.17) is 4.74 Å². The van der Waals surface area contributed by atoms with E-state index in [2.05, 4.69) is 0 Å². The van der Waals surface area contributed by atoms with Crippen LogP contribution in [0.15, 0.2) is 77.7 Å². The van der Waals surface area contributed by atoms with Gasteiger partial charge in [-0.1, -0.05) is 54.6 Å². The SMILES string of the molecule is C[C@@H](c1ccc(-c2ccn(C)c(=O)c2)cc1)N1C[C@](CCC(C)(C)O)(c2ccccc2)OC1=O. The number of aromatic nitrogens is 1. The van der Waals surface area contributed by atoms with Crippen molar-refractivity contribution in [3.63, 3.8) is 0 Å². The predicted octanol–water partition coefficient (Wildman–Crippen LogP) is 5.01. The third-order valence-corrected chi connectivity index (χ3v) is 6.68. The van der Waals surface area contributed by atoms with Gasteiger partial charge in [-0.05, 0) is 61.9 Å². The number of aliphatic hydroxyl groups is 1. The van der Waals surface area contributed by atoms with Crippen LogP contribution in [0.1, 0.15) is 50.8 Å². The Morgan fingerprint density at radius 2 is 1.71 bits per heavy atom. The molecule has 6 nitrogen and oxygen atoms in total. The second-order valence-electron chi connectivity index (χ2n) is 9.83. The van der Waals surface area contributed by atoms with Crippen molar-refractivity contribution in [1.82, 2.24) is 9.47 Å². The fourth-order valence-corrected chi connectivity index (χ4v) is 4.43. The van der Waals surface area contributed by atoms with Gasteiger partial charge in [-0.2, -0.15) is 0 Å². The summed E-state index contributed by atoms with van der Waals surface area (Å²) in [6.07, 6.45) is 2.42. The van der Waals surface area contributed by atoms with Crippen molar-refractivity contribution in [1.29, 1.82) is 0 Å². The van der Waals surface area contributed by atoms with Crippen molar-refractivity contribution in [2.24, 2.45) is 7.05 Å². The van der Waals surface area contributed by atoms with Gasteiger partial charge in [0.1, 0.15) is 0 Å². The standard InChI is InChI=1S/C28H32N2O4/c1-20(21-10-12-22(13-11-21)23-14-17-29(4)25(31)18-23)30-19-28(34-26(30)32,16-15-27(2,3)33)24-8-6-5-7-9-24/h5-14,17-18,20,33H,15-16,19H2,1-4H3/t20-,28+/m0/s1. The summed E-state index contributed by atoms with van der Waals surface area (Å²) >= 11 is 0. The van der Waals surface area contributed by atoms with Gasteiger partial charge in [0.15, 0.2) is 5.60 Å². The van der Waals surface area contributed by atoms with Crippen molar-refractivity contribution < 1.29 is 14.6 Å². The molecule has 34 heavy (non-hydrogen) atoms. The molecule has 3 aromatic rings. The molecule has 0 spiro atoms. The Hall–Kier alpha value is -3.38. The molecule has 2 heterocycles. The molecule has 1 aromatic heterocycles. The van der Waals surface area contributed by atoms with Crippen LogP contribution >= 0.6 is 0 Å². The summed E-state index contributed by atoms with van der Waals surface area (Å²) in [5, 5.41) is 10.3. The number of nitrogens with zero attached hydrogens (tertiary/aromatic N) is 2. The lowest BCUT2D eigenvalue weighted by Gasteiger charge is -2.31. The highest BCUT2D eigenvalue weighted by Crippen LogP contribution is 2.42. The fraction of sp³-hybridized carbons (Fsp3) is 0.357. The van der Waals surface area contributed by atoms with Crippen LogP contribution in [0.3, 0.4) is 0 Å². The van der Waals surface area contributed by atoms with E-state index in [0.29, 0.717) is 19.4 Å². The molecule has 1 saturated heterocycles. The number of cyclic esters (lactones) is 1. The summed E-state index contributed by atoms with van der Waals surface area (Å²) in [4.78, 5) is 26.8. The molecular formula is C28H32N2O4. The highest BCUT2D eigenvalue weighted by molar-refractivity contribution is 5.72. The summed E-state index contributed by atoms with van der Waals surface area (Å²) in [6, 6.07) is 21.0. The number of amides is 1. The van der Waals surface area contributed by atoms with Gasteiger partial charge in [-0.15, -0.1) is 0 Å². The molecule has 178 valence electrons. The number of rotatable bonds is 7. The van der Waals surface area contributed by atoms with Gasteiger partial charge in [0, 0.05) is 19.3 Å². The van der Waals surface area contributed by atoms with Gasteiger partial charge in [0.2, 0.25) is 0 Å². The molecule has 1 aliphatic heterocycles. The lowest BCUT2D eigenvalue weighted by atomic mass is 9.85. The number of pyridine rings is 1. The van der Waals surface area contributed by atoms with Gasteiger partial charge in [0.25, 0.3) is 5.56 Å². The molecule has 1 amide bonds. The predicted molar refractivity (Wildman–Crippen MR) is 132 cm³/mol. The van der Waals surface area contributed by atoms with Gasteiger partial charge in [-0.25, -0.2) is 4.79 Å². The minimum Gasteiger partial charge on any atom is -0.436 e. The Labute approximate surface area is 200 Å². The van der Waals surface area contributed by atoms with Gasteiger partial charge in [-0.3, -0.25) is 9.69 Å². The zero-order chi connectivity index (χ0) is 24.5. The highest BCUT2D eigenvalue weighted by Gasteiger charge is 2.48. The first kappa shape index (κ1) is 23.8. The summed E-state index contributed by atoms with van der Waals surface area (Å²) in [6.45, 7) is 5.94. The second kappa shape index (κ2) is 9.11. The van der Waals surface area contributed by atoms with Crippen molar-refractivity contribution in [3.05, 3.63) is 94.4 Å². The average molecular weight is 461 g/mol. The Bertz CT molecular complexity index is 1210. The third kappa shape index (κ3) is 4.92. The Balaban J connectivity index is 1.58. The summed E-state index contributed by atoms with van der Waals surface area (Å²) in [7, 11) is 1.73. The van der Waals surface area contributed by atoms with E-state index >= 15 is 0 Å². The Kier molecular flexibility index (Phi) is 6.36. The number of carbonyl (C=O) groups excluding carboxylic acids is 1. The summed E-state index contributed by atoms with van der Waals surface area (Å²) in [5.41, 5.74) is 1.99. The third-order valence-electron chi connectivity index (χ3n) is 6.68. The number of ether oxygens (including phenoxy) is 1. The maximum atomic E-state index is 13.1. The van der Waals surface area contributed by atoms with Crippen LogP contribution in [-0.4, -0.2) is 32.8 Å². The van der Waals surface area contributed by atoms with E-state index < -0.39 is 11.2 Å². The van der Waals surface area contributed by atoms with E-state index in [-0.39, 0.29) is 17.7 Å². The Morgan fingerprint density at radius 1 is 1.03 bits per heavy atom.